The van der Waals surface area contributed by atoms with Crippen LogP contribution in [-0.2, 0) is 4.79 Å². The predicted molar refractivity (Wildman–Crippen MR) is 92.6 cm³/mol. The van der Waals surface area contributed by atoms with Gasteiger partial charge in [0.1, 0.15) is 6.10 Å². The molecular formula is C19H21N3O2. The lowest BCUT2D eigenvalue weighted by Gasteiger charge is -2.15. The molecule has 124 valence electrons. The van der Waals surface area contributed by atoms with Crippen LogP contribution in [0.25, 0.3) is 6.08 Å². The van der Waals surface area contributed by atoms with Gasteiger partial charge in [-0.25, -0.2) is 9.97 Å². The molecule has 5 heteroatoms. The minimum atomic E-state index is -0.0553. The summed E-state index contributed by atoms with van der Waals surface area (Å²) in [6.07, 6.45) is 4.19. The number of hydrogen-bond acceptors (Lipinski definition) is 4. The molecule has 1 aromatic heterocycles. The third-order valence-corrected chi connectivity index (χ3v) is 3.91. The van der Waals surface area contributed by atoms with Crippen LogP contribution >= 0.6 is 0 Å². The van der Waals surface area contributed by atoms with Gasteiger partial charge in [0.15, 0.2) is 0 Å². The summed E-state index contributed by atoms with van der Waals surface area (Å²) in [5, 5.41) is 0. The van der Waals surface area contributed by atoms with Crippen LogP contribution in [0.3, 0.4) is 0 Å². The maximum atomic E-state index is 12.3. The Balaban J connectivity index is 1.56. The molecule has 2 aromatic rings. The van der Waals surface area contributed by atoms with E-state index in [-0.39, 0.29) is 12.0 Å². The lowest BCUT2D eigenvalue weighted by Crippen LogP contribution is -2.29. The van der Waals surface area contributed by atoms with Crippen molar-refractivity contribution in [2.24, 2.45) is 0 Å². The number of rotatable bonds is 4. The molecule has 1 aliphatic heterocycles. The molecule has 0 N–H and O–H groups in total. The van der Waals surface area contributed by atoms with Crippen LogP contribution in [0.15, 0.2) is 42.5 Å². The maximum absolute atomic E-state index is 12.3. The van der Waals surface area contributed by atoms with Gasteiger partial charge >= 0.3 is 6.01 Å². The van der Waals surface area contributed by atoms with Crippen LogP contribution in [0.5, 0.6) is 6.01 Å². The van der Waals surface area contributed by atoms with Gasteiger partial charge in [0.2, 0.25) is 5.91 Å². The molecule has 0 radical (unpaired) electrons. The SMILES string of the molecule is Cc1cc(C)nc(OC2CCN(C(=O)C=Cc3ccccc3)C2)n1. The summed E-state index contributed by atoms with van der Waals surface area (Å²) in [7, 11) is 0. The summed E-state index contributed by atoms with van der Waals surface area (Å²) in [4.78, 5) is 22.7. The second-order valence-electron chi connectivity index (χ2n) is 5.99. The monoisotopic (exact) mass is 323 g/mol. The van der Waals surface area contributed by atoms with E-state index in [4.69, 9.17) is 4.74 Å². The fourth-order valence-electron chi connectivity index (χ4n) is 2.76. The van der Waals surface area contributed by atoms with Crippen LogP contribution in [0.4, 0.5) is 0 Å². The molecule has 0 aliphatic carbocycles. The number of amides is 1. The number of aryl methyl sites for hydroxylation is 2. The Morgan fingerprint density at radius 1 is 1.21 bits per heavy atom. The number of hydrogen-bond donors (Lipinski definition) is 0. The van der Waals surface area contributed by atoms with E-state index in [1.165, 1.54) is 0 Å². The Bertz CT molecular complexity index is 723. The lowest BCUT2D eigenvalue weighted by atomic mass is 10.2. The summed E-state index contributed by atoms with van der Waals surface area (Å²) in [6.45, 7) is 5.09. The first-order chi connectivity index (χ1) is 11.6. The molecule has 1 unspecified atom stereocenters. The van der Waals surface area contributed by atoms with E-state index < -0.39 is 0 Å². The number of carbonyl (C=O) groups excluding carboxylic acids is 1. The zero-order chi connectivity index (χ0) is 16.9. The van der Waals surface area contributed by atoms with E-state index >= 15 is 0 Å². The molecule has 24 heavy (non-hydrogen) atoms. The standard InChI is InChI=1S/C19H21N3O2/c1-14-12-15(2)21-19(20-14)24-17-10-11-22(13-17)18(23)9-8-16-6-4-3-5-7-16/h3-9,12,17H,10-11,13H2,1-2H3. The van der Waals surface area contributed by atoms with Crippen molar-refractivity contribution in [3.05, 3.63) is 59.4 Å². The maximum Gasteiger partial charge on any atom is 0.317 e. The molecule has 2 heterocycles. The largest absolute Gasteiger partial charge is 0.458 e. The highest BCUT2D eigenvalue weighted by Gasteiger charge is 2.27. The van der Waals surface area contributed by atoms with E-state index in [9.17, 15) is 4.79 Å². The fraction of sp³-hybridized carbons (Fsp3) is 0.316. The van der Waals surface area contributed by atoms with Crippen molar-refractivity contribution < 1.29 is 9.53 Å². The average molecular weight is 323 g/mol. The molecule has 1 aromatic carbocycles. The molecular weight excluding hydrogens is 302 g/mol. The van der Waals surface area contributed by atoms with Gasteiger partial charge in [0.05, 0.1) is 6.54 Å². The van der Waals surface area contributed by atoms with Crippen molar-refractivity contribution in [3.63, 3.8) is 0 Å². The van der Waals surface area contributed by atoms with E-state index in [1.807, 2.05) is 56.3 Å². The van der Waals surface area contributed by atoms with Crippen molar-refractivity contribution in [1.29, 1.82) is 0 Å². The van der Waals surface area contributed by atoms with Crippen molar-refractivity contribution in [3.8, 4) is 6.01 Å². The van der Waals surface area contributed by atoms with Gasteiger partial charge in [-0.3, -0.25) is 4.79 Å². The van der Waals surface area contributed by atoms with Gasteiger partial charge in [0, 0.05) is 30.4 Å². The average Bonchev–Trinajstić information content (AvgIpc) is 3.01. The second-order valence-corrected chi connectivity index (χ2v) is 5.99. The van der Waals surface area contributed by atoms with Crippen molar-refractivity contribution in [2.75, 3.05) is 13.1 Å². The Morgan fingerprint density at radius 3 is 2.62 bits per heavy atom. The molecule has 1 fully saturated rings. The quantitative estimate of drug-likeness (QED) is 0.812. The van der Waals surface area contributed by atoms with Gasteiger partial charge in [0.25, 0.3) is 0 Å². The van der Waals surface area contributed by atoms with Crippen molar-refractivity contribution >= 4 is 12.0 Å². The van der Waals surface area contributed by atoms with E-state index in [0.717, 1.165) is 23.4 Å². The minimum absolute atomic E-state index is 0.00583. The number of benzene rings is 1. The smallest absolute Gasteiger partial charge is 0.317 e. The molecule has 0 saturated carbocycles. The molecule has 1 amide bonds. The van der Waals surface area contributed by atoms with E-state index in [0.29, 0.717) is 19.1 Å². The van der Waals surface area contributed by atoms with Gasteiger partial charge < -0.3 is 9.64 Å². The molecule has 0 bridgehead atoms. The number of likely N-dealkylation sites (tertiary alicyclic amines) is 1. The first-order valence-corrected chi connectivity index (χ1v) is 8.11. The molecule has 0 spiro atoms. The molecule has 5 nitrogen and oxygen atoms in total. The van der Waals surface area contributed by atoms with E-state index in [2.05, 4.69) is 9.97 Å². The van der Waals surface area contributed by atoms with E-state index in [1.54, 1.807) is 11.0 Å². The minimum Gasteiger partial charge on any atom is -0.458 e. The topological polar surface area (TPSA) is 55.3 Å². The Kier molecular flexibility index (Phi) is 4.89. The first-order valence-electron chi connectivity index (χ1n) is 8.11. The fourth-order valence-corrected chi connectivity index (χ4v) is 2.76. The number of ether oxygens (including phenoxy) is 1. The van der Waals surface area contributed by atoms with Crippen LogP contribution in [-0.4, -0.2) is 40.0 Å². The molecule has 3 rings (SSSR count). The molecule has 1 atom stereocenters. The highest BCUT2D eigenvalue weighted by atomic mass is 16.5. The highest BCUT2D eigenvalue weighted by Crippen LogP contribution is 2.16. The normalized spacial score (nSPS) is 17.4. The van der Waals surface area contributed by atoms with Gasteiger partial charge in [-0.2, -0.15) is 0 Å². The zero-order valence-corrected chi connectivity index (χ0v) is 14.0. The molecule has 1 aliphatic rings. The summed E-state index contributed by atoms with van der Waals surface area (Å²) in [5.41, 5.74) is 2.78. The summed E-state index contributed by atoms with van der Waals surface area (Å²) >= 11 is 0. The highest BCUT2D eigenvalue weighted by molar-refractivity contribution is 5.92. The summed E-state index contributed by atoms with van der Waals surface area (Å²) in [6, 6.07) is 12.1. The summed E-state index contributed by atoms with van der Waals surface area (Å²) in [5.74, 6) is 0.00583. The number of aromatic nitrogens is 2. The van der Waals surface area contributed by atoms with Crippen LogP contribution < -0.4 is 4.74 Å². The second kappa shape index (κ2) is 7.25. The Labute approximate surface area is 142 Å². The Hall–Kier alpha value is -2.69. The third kappa shape index (κ3) is 4.19. The van der Waals surface area contributed by atoms with Crippen molar-refractivity contribution in [1.82, 2.24) is 14.9 Å². The van der Waals surface area contributed by atoms with Gasteiger partial charge in [-0.1, -0.05) is 30.3 Å². The van der Waals surface area contributed by atoms with Gasteiger partial charge in [-0.15, -0.1) is 0 Å². The van der Waals surface area contributed by atoms with Gasteiger partial charge in [-0.05, 0) is 31.6 Å². The predicted octanol–water partition coefficient (Wildman–Crippen LogP) is 2.79. The third-order valence-electron chi connectivity index (χ3n) is 3.91. The lowest BCUT2D eigenvalue weighted by molar-refractivity contribution is -0.125. The zero-order valence-electron chi connectivity index (χ0n) is 14.0. The van der Waals surface area contributed by atoms with Crippen LogP contribution in [0.1, 0.15) is 23.4 Å². The number of nitrogens with zero attached hydrogens (tertiary/aromatic N) is 3. The first kappa shape index (κ1) is 16.2. The van der Waals surface area contributed by atoms with Crippen molar-refractivity contribution in [2.45, 2.75) is 26.4 Å². The summed E-state index contributed by atoms with van der Waals surface area (Å²) < 4.78 is 5.84. The molecule has 1 saturated heterocycles. The number of carbonyl (C=O) groups is 1. The van der Waals surface area contributed by atoms with Crippen LogP contribution in [0, 0.1) is 13.8 Å². The van der Waals surface area contributed by atoms with Crippen LogP contribution in [0.2, 0.25) is 0 Å². The Morgan fingerprint density at radius 2 is 1.92 bits per heavy atom.